The van der Waals surface area contributed by atoms with Crippen LogP contribution in [0.1, 0.15) is 65.4 Å². The molecule has 0 saturated carbocycles. The highest BCUT2D eigenvalue weighted by atomic mass is 16.7. The van der Waals surface area contributed by atoms with Crippen LogP contribution in [0.25, 0.3) is 0 Å². The molecule has 0 spiro atoms. The fraction of sp³-hybridized carbons (Fsp3) is 0.500. The van der Waals surface area contributed by atoms with E-state index in [9.17, 15) is 25.1 Å². The van der Waals surface area contributed by atoms with E-state index in [1.54, 1.807) is 6.92 Å². The lowest BCUT2D eigenvalue weighted by molar-refractivity contribution is -0.152. The number of aliphatic hydroxyl groups is 1. The molecule has 1 fully saturated rings. The zero-order valence-electron chi connectivity index (χ0n) is 24.3. The van der Waals surface area contributed by atoms with Crippen molar-refractivity contribution in [2.24, 2.45) is 0 Å². The Bertz CT molecular complexity index is 1550. The molecule has 0 aliphatic carbocycles. The number of fused-ring (bicyclic) bond motifs is 9. The number of esters is 2. The fourth-order valence-electron chi connectivity index (χ4n) is 7.48. The minimum atomic E-state index is -1.32. The maximum absolute atomic E-state index is 12.4. The van der Waals surface area contributed by atoms with Gasteiger partial charge in [0.15, 0.2) is 23.0 Å². The molecule has 4 aliphatic heterocycles. The van der Waals surface area contributed by atoms with E-state index >= 15 is 0 Å². The number of nitrogens with zero attached hydrogens (tertiary/aromatic N) is 3. The third-order valence-corrected chi connectivity index (χ3v) is 9.02. The van der Waals surface area contributed by atoms with Crippen LogP contribution < -0.4 is 18.9 Å². The van der Waals surface area contributed by atoms with Crippen LogP contribution >= 0.6 is 0 Å². The fourth-order valence-corrected chi connectivity index (χ4v) is 7.48. The Balaban J connectivity index is 1.67. The lowest BCUT2D eigenvalue weighted by Gasteiger charge is -2.60. The highest BCUT2D eigenvalue weighted by Gasteiger charge is 2.60. The maximum Gasteiger partial charge on any atom is 0.308 e. The lowest BCUT2D eigenvalue weighted by Crippen LogP contribution is -2.69. The molecule has 2 bridgehead atoms. The number of hydrogen-bond donors (Lipinski definition) is 2. The average molecular weight is 580 g/mol. The van der Waals surface area contributed by atoms with Crippen molar-refractivity contribution in [1.82, 2.24) is 9.80 Å². The number of piperazine rings is 1. The van der Waals surface area contributed by atoms with Crippen molar-refractivity contribution >= 4 is 11.9 Å². The van der Waals surface area contributed by atoms with Gasteiger partial charge in [-0.3, -0.25) is 19.4 Å². The molecule has 4 aliphatic rings. The number of benzene rings is 2. The number of likely N-dealkylation sites (N-methyl/N-ethyl adjacent to an activating group) is 1. The van der Waals surface area contributed by atoms with E-state index < -0.39 is 42.2 Å². The maximum atomic E-state index is 12.4. The van der Waals surface area contributed by atoms with E-state index in [0.717, 1.165) is 11.1 Å². The third-order valence-electron chi connectivity index (χ3n) is 9.02. The van der Waals surface area contributed by atoms with Gasteiger partial charge in [-0.15, -0.1) is 0 Å². The largest absolute Gasteiger partial charge is 0.504 e. The normalized spacial score (nSPS) is 27.3. The first kappa shape index (κ1) is 28.1. The second-order valence-corrected chi connectivity index (χ2v) is 11.2. The third kappa shape index (κ3) is 3.84. The highest BCUT2D eigenvalue weighted by Crippen LogP contribution is 2.61. The van der Waals surface area contributed by atoms with Crippen LogP contribution in [-0.4, -0.2) is 77.6 Å². The van der Waals surface area contributed by atoms with Crippen molar-refractivity contribution in [2.75, 3.05) is 27.6 Å². The number of aliphatic hydroxyl groups excluding tert-OH is 1. The first-order valence-corrected chi connectivity index (χ1v) is 13.8. The lowest BCUT2D eigenvalue weighted by atomic mass is 9.70. The van der Waals surface area contributed by atoms with Crippen LogP contribution in [0.3, 0.4) is 0 Å². The summed E-state index contributed by atoms with van der Waals surface area (Å²) in [5, 5.41) is 34.5. The number of ether oxygens (including phenoxy) is 5. The van der Waals surface area contributed by atoms with Crippen molar-refractivity contribution in [3.05, 3.63) is 39.4 Å². The molecular formula is C30H33N3O9. The van der Waals surface area contributed by atoms with E-state index in [4.69, 9.17) is 23.7 Å². The Kier molecular flexibility index (Phi) is 6.72. The molecule has 4 heterocycles. The summed E-state index contributed by atoms with van der Waals surface area (Å²) in [6, 6.07) is 1.10. The summed E-state index contributed by atoms with van der Waals surface area (Å²) in [6.45, 7) is 5.86. The Morgan fingerprint density at radius 1 is 1.12 bits per heavy atom. The summed E-state index contributed by atoms with van der Waals surface area (Å²) in [7, 11) is 3.35. The van der Waals surface area contributed by atoms with Crippen LogP contribution in [0.2, 0.25) is 0 Å². The van der Waals surface area contributed by atoms with Crippen molar-refractivity contribution in [3.63, 3.8) is 0 Å². The number of carbonyl (C=O) groups is 2. The van der Waals surface area contributed by atoms with Crippen molar-refractivity contribution in [2.45, 2.75) is 70.4 Å². The zero-order chi connectivity index (χ0) is 30.2. The molecule has 0 unspecified atom stereocenters. The SMILES string of the molecule is COc1c(C)cc2c(c1O)[C@H]1[C@H]3[C@H](O)c4c(OC(C)=O)c(C)c5c(c4[C@H](COC(C)=O)N3[C@@H](C#N)[C@H](C2)N1C)OCO5. The number of methoxy groups -OCH3 is 1. The molecule has 2 aromatic carbocycles. The molecule has 6 atom stereocenters. The predicted octanol–water partition coefficient (Wildman–Crippen LogP) is 2.50. The number of phenolic OH excluding ortho intramolecular Hbond substituents is 1. The van der Waals surface area contributed by atoms with Crippen LogP contribution in [0.5, 0.6) is 28.7 Å². The van der Waals surface area contributed by atoms with Gasteiger partial charge in [-0.1, -0.05) is 6.07 Å². The predicted molar refractivity (Wildman–Crippen MR) is 145 cm³/mol. The number of aromatic hydroxyl groups is 1. The molecule has 2 N–H and O–H groups in total. The highest BCUT2D eigenvalue weighted by molar-refractivity contribution is 5.75. The zero-order valence-corrected chi connectivity index (χ0v) is 24.3. The van der Waals surface area contributed by atoms with Gasteiger partial charge in [-0.2, -0.15) is 5.26 Å². The summed E-state index contributed by atoms with van der Waals surface area (Å²) in [4.78, 5) is 28.3. The van der Waals surface area contributed by atoms with Gasteiger partial charge in [0.2, 0.25) is 6.79 Å². The molecular weight excluding hydrogens is 546 g/mol. The van der Waals surface area contributed by atoms with Crippen LogP contribution in [-0.2, 0) is 20.7 Å². The number of phenols is 1. The van der Waals surface area contributed by atoms with Crippen molar-refractivity contribution < 1.29 is 43.5 Å². The van der Waals surface area contributed by atoms with Gasteiger partial charge in [0.25, 0.3) is 0 Å². The standard InChI is InChI=1S/C30H33N3O9/c1-12-7-16-8-17-18(9-31)33-19(10-39-14(3)34)21-22(28(42-15(4)35)13(2)29-30(21)41-11-40-29)25(36)24(33)23(32(17)5)20(16)26(37)27(12)38-6/h7,17-19,23-25,36-37H,8,10-11H2,1-6H3/t17-,18-,19-,23-,24-,25+/m0/s1. The van der Waals surface area contributed by atoms with Crippen LogP contribution in [0.15, 0.2) is 6.07 Å². The van der Waals surface area contributed by atoms with E-state index in [0.29, 0.717) is 45.9 Å². The molecule has 0 amide bonds. The van der Waals surface area contributed by atoms with Crippen molar-refractivity contribution in [1.29, 1.82) is 5.26 Å². The molecule has 0 aromatic heterocycles. The first-order valence-electron chi connectivity index (χ1n) is 13.8. The van der Waals surface area contributed by atoms with Crippen LogP contribution in [0.4, 0.5) is 0 Å². The van der Waals surface area contributed by atoms with Gasteiger partial charge < -0.3 is 33.9 Å². The number of carbonyl (C=O) groups excluding carboxylic acids is 2. The number of hydrogen-bond acceptors (Lipinski definition) is 12. The van der Waals surface area contributed by atoms with Gasteiger partial charge in [-0.25, -0.2) is 0 Å². The molecule has 12 heteroatoms. The summed E-state index contributed by atoms with van der Waals surface area (Å²) < 4.78 is 28.5. The van der Waals surface area contributed by atoms with E-state index in [2.05, 4.69) is 6.07 Å². The molecule has 0 radical (unpaired) electrons. The van der Waals surface area contributed by atoms with E-state index in [1.807, 2.05) is 29.8 Å². The minimum absolute atomic E-state index is 0.0326. The van der Waals surface area contributed by atoms with E-state index in [1.165, 1.54) is 21.0 Å². The molecule has 42 heavy (non-hydrogen) atoms. The number of aryl methyl sites for hydroxylation is 1. The minimum Gasteiger partial charge on any atom is -0.504 e. The van der Waals surface area contributed by atoms with Gasteiger partial charge in [0.1, 0.15) is 24.5 Å². The Morgan fingerprint density at radius 2 is 1.83 bits per heavy atom. The molecule has 222 valence electrons. The monoisotopic (exact) mass is 579 g/mol. The topological polar surface area (TPSA) is 151 Å². The second-order valence-electron chi connectivity index (χ2n) is 11.2. The smallest absolute Gasteiger partial charge is 0.308 e. The molecule has 12 nitrogen and oxygen atoms in total. The van der Waals surface area contributed by atoms with Crippen molar-refractivity contribution in [3.8, 4) is 34.8 Å². The summed E-state index contributed by atoms with van der Waals surface area (Å²) in [5.74, 6) is 0.00486. The Morgan fingerprint density at radius 3 is 2.48 bits per heavy atom. The van der Waals surface area contributed by atoms with E-state index in [-0.39, 0.29) is 30.9 Å². The molecule has 1 saturated heterocycles. The van der Waals surface area contributed by atoms with Gasteiger partial charge in [-0.05, 0) is 38.4 Å². The van der Waals surface area contributed by atoms with Gasteiger partial charge in [0.05, 0.1) is 31.3 Å². The van der Waals surface area contributed by atoms with Gasteiger partial charge >= 0.3 is 11.9 Å². The number of nitriles is 1. The van der Waals surface area contributed by atoms with Crippen LogP contribution in [0, 0.1) is 25.2 Å². The second kappa shape index (κ2) is 10.0. The molecule has 2 aromatic rings. The Hall–Kier alpha value is -4.05. The Labute approximate surface area is 242 Å². The quantitative estimate of drug-likeness (QED) is 0.405. The first-order chi connectivity index (χ1) is 20.0. The number of rotatable bonds is 4. The van der Waals surface area contributed by atoms with Gasteiger partial charge in [0, 0.05) is 42.1 Å². The summed E-state index contributed by atoms with van der Waals surface area (Å²) in [6.07, 6.45) is -0.867. The summed E-state index contributed by atoms with van der Waals surface area (Å²) in [5.41, 5.74) is 3.39. The average Bonchev–Trinajstić information content (AvgIpc) is 3.41. The summed E-state index contributed by atoms with van der Waals surface area (Å²) >= 11 is 0. The molecule has 6 rings (SSSR count).